The minimum atomic E-state index is 0.0891. The van der Waals surface area contributed by atoms with Crippen molar-refractivity contribution in [3.05, 3.63) is 51.8 Å². The molecule has 20 heavy (non-hydrogen) atoms. The second-order valence-corrected chi connectivity index (χ2v) is 5.98. The van der Waals surface area contributed by atoms with Crippen LogP contribution in [0.5, 0.6) is 0 Å². The minimum Gasteiger partial charge on any atom is -0.294 e. The summed E-state index contributed by atoms with van der Waals surface area (Å²) in [5, 5.41) is 4.47. The Hall–Kier alpha value is -1.42. The summed E-state index contributed by atoms with van der Waals surface area (Å²) in [5.74, 6) is 0.0891. The lowest BCUT2D eigenvalue weighted by molar-refractivity contribution is 0.0991. The van der Waals surface area contributed by atoms with E-state index in [1.807, 2.05) is 42.1 Å². The van der Waals surface area contributed by atoms with Gasteiger partial charge in [0.25, 0.3) is 0 Å². The highest BCUT2D eigenvalue weighted by Crippen LogP contribution is 2.20. The number of Topliss-reactive ketones (excluding diaryl/α,β-unsaturated/α-hetero) is 1. The van der Waals surface area contributed by atoms with Crippen LogP contribution in [0.15, 0.2) is 34.9 Å². The Morgan fingerprint density at radius 2 is 2.15 bits per heavy atom. The number of nitrogens with zero attached hydrogens (tertiary/aromatic N) is 2. The molecular weight excluding hydrogens is 316 g/mol. The van der Waals surface area contributed by atoms with Crippen LogP contribution in [0.4, 0.5) is 0 Å². The summed E-state index contributed by atoms with van der Waals surface area (Å²) in [4.78, 5) is 12.3. The topological polar surface area (TPSA) is 34.9 Å². The van der Waals surface area contributed by atoms with E-state index in [4.69, 9.17) is 0 Å². The molecule has 1 aromatic carbocycles. The summed E-state index contributed by atoms with van der Waals surface area (Å²) < 4.78 is 2.77. The molecule has 0 aliphatic carbocycles. The lowest BCUT2D eigenvalue weighted by atomic mass is 10.1. The van der Waals surface area contributed by atoms with Gasteiger partial charge in [-0.3, -0.25) is 9.48 Å². The lowest BCUT2D eigenvalue weighted by Crippen LogP contribution is -2.08. The van der Waals surface area contributed by atoms with E-state index in [-0.39, 0.29) is 5.78 Å². The van der Waals surface area contributed by atoms with Crippen molar-refractivity contribution in [2.24, 2.45) is 0 Å². The third kappa shape index (κ3) is 3.37. The summed E-state index contributed by atoms with van der Waals surface area (Å²) in [7, 11) is 0. The van der Waals surface area contributed by atoms with Crippen molar-refractivity contribution in [3.63, 3.8) is 0 Å². The van der Waals surface area contributed by atoms with Gasteiger partial charge >= 0.3 is 0 Å². The van der Waals surface area contributed by atoms with Gasteiger partial charge in [-0.05, 0) is 44.0 Å². The highest BCUT2D eigenvalue weighted by Gasteiger charge is 2.13. The second kappa shape index (κ2) is 6.35. The first-order chi connectivity index (χ1) is 9.51. The Labute approximate surface area is 128 Å². The van der Waals surface area contributed by atoms with Crippen molar-refractivity contribution in [1.29, 1.82) is 0 Å². The molecule has 0 bridgehead atoms. The number of aromatic nitrogens is 2. The van der Waals surface area contributed by atoms with Gasteiger partial charge in [-0.25, -0.2) is 0 Å². The molecule has 0 saturated heterocycles. The van der Waals surface area contributed by atoms with Crippen molar-refractivity contribution in [3.8, 4) is 0 Å². The number of hydrogen-bond donors (Lipinski definition) is 0. The second-order valence-electron chi connectivity index (χ2n) is 5.13. The molecule has 1 unspecified atom stereocenters. The Balaban J connectivity index is 2.13. The smallest absolute Gasteiger partial charge is 0.170 e. The number of benzene rings is 1. The van der Waals surface area contributed by atoms with E-state index in [2.05, 4.69) is 34.9 Å². The summed E-state index contributed by atoms with van der Waals surface area (Å²) in [5.41, 5.74) is 2.67. The Morgan fingerprint density at radius 3 is 2.80 bits per heavy atom. The number of aryl methyl sites for hydroxylation is 1. The van der Waals surface area contributed by atoms with Gasteiger partial charge in [0.05, 0.1) is 12.1 Å². The molecule has 1 aromatic heterocycles. The molecule has 1 atom stereocenters. The number of ketones is 1. The maximum absolute atomic E-state index is 12.3. The van der Waals surface area contributed by atoms with E-state index < -0.39 is 0 Å². The molecule has 0 amide bonds. The van der Waals surface area contributed by atoms with E-state index in [1.165, 1.54) is 0 Å². The SMILES string of the molecule is CCC(C)n1ccc(CC(=O)c2ccc(C)cc2Br)n1. The lowest BCUT2D eigenvalue weighted by Gasteiger charge is -2.08. The maximum Gasteiger partial charge on any atom is 0.170 e. The zero-order chi connectivity index (χ0) is 14.7. The van der Waals surface area contributed by atoms with Crippen LogP contribution in [-0.4, -0.2) is 15.6 Å². The summed E-state index contributed by atoms with van der Waals surface area (Å²) in [6, 6.07) is 8.07. The van der Waals surface area contributed by atoms with Crippen molar-refractivity contribution >= 4 is 21.7 Å². The predicted octanol–water partition coefficient (Wildman–Crippen LogP) is 4.35. The fourth-order valence-corrected chi connectivity index (χ4v) is 2.72. The van der Waals surface area contributed by atoms with E-state index in [9.17, 15) is 4.79 Å². The van der Waals surface area contributed by atoms with Gasteiger partial charge in [0.2, 0.25) is 0 Å². The molecule has 0 aliphatic rings. The van der Waals surface area contributed by atoms with Gasteiger partial charge in [0.1, 0.15) is 0 Å². The largest absolute Gasteiger partial charge is 0.294 e. The van der Waals surface area contributed by atoms with Crippen molar-refractivity contribution in [1.82, 2.24) is 9.78 Å². The van der Waals surface area contributed by atoms with Gasteiger partial charge in [-0.15, -0.1) is 0 Å². The third-order valence-electron chi connectivity index (χ3n) is 3.47. The first-order valence-electron chi connectivity index (χ1n) is 6.84. The Kier molecular flexibility index (Phi) is 4.76. The number of rotatable bonds is 5. The average molecular weight is 335 g/mol. The van der Waals surface area contributed by atoms with Gasteiger partial charge < -0.3 is 0 Å². The van der Waals surface area contributed by atoms with Crippen molar-refractivity contribution < 1.29 is 4.79 Å². The molecule has 2 rings (SSSR count). The molecule has 3 nitrogen and oxygen atoms in total. The number of carbonyl (C=O) groups is 1. The number of hydrogen-bond acceptors (Lipinski definition) is 2. The summed E-state index contributed by atoms with van der Waals surface area (Å²) >= 11 is 3.45. The van der Waals surface area contributed by atoms with Gasteiger partial charge in [-0.1, -0.05) is 28.9 Å². The Morgan fingerprint density at radius 1 is 1.40 bits per heavy atom. The normalized spacial score (nSPS) is 12.4. The monoisotopic (exact) mass is 334 g/mol. The van der Waals surface area contributed by atoms with E-state index in [1.54, 1.807) is 0 Å². The first kappa shape index (κ1) is 15.0. The molecule has 1 heterocycles. The molecule has 4 heteroatoms. The fraction of sp³-hybridized carbons (Fsp3) is 0.375. The van der Waals surface area contributed by atoms with Crippen LogP contribution in [0.3, 0.4) is 0 Å². The quantitative estimate of drug-likeness (QED) is 0.762. The van der Waals surface area contributed by atoms with Gasteiger partial charge in [0.15, 0.2) is 5.78 Å². The van der Waals surface area contributed by atoms with E-state index >= 15 is 0 Å². The van der Waals surface area contributed by atoms with Crippen LogP contribution >= 0.6 is 15.9 Å². The van der Waals surface area contributed by atoms with Gasteiger partial charge in [-0.2, -0.15) is 5.10 Å². The minimum absolute atomic E-state index is 0.0891. The first-order valence-corrected chi connectivity index (χ1v) is 7.64. The summed E-state index contributed by atoms with van der Waals surface area (Å²) in [6.45, 7) is 6.25. The fourth-order valence-electron chi connectivity index (χ4n) is 2.01. The third-order valence-corrected chi connectivity index (χ3v) is 4.13. The van der Waals surface area contributed by atoms with Crippen LogP contribution < -0.4 is 0 Å². The molecule has 0 radical (unpaired) electrons. The highest BCUT2D eigenvalue weighted by atomic mass is 79.9. The molecule has 0 spiro atoms. The van der Waals surface area contributed by atoms with Crippen LogP contribution in [0.1, 0.15) is 47.9 Å². The van der Waals surface area contributed by atoms with Crippen LogP contribution in [0.25, 0.3) is 0 Å². The number of halogens is 1. The molecule has 0 aliphatic heterocycles. The van der Waals surface area contributed by atoms with Crippen molar-refractivity contribution in [2.45, 2.75) is 39.7 Å². The summed E-state index contributed by atoms with van der Waals surface area (Å²) in [6.07, 6.45) is 3.31. The molecule has 0 saturated carbocycles. The van der Waals surface area contributed by atoms with Gasteiger partial charge in [0, 0.05) is 22.3 Å². The van der Waals surface area contributed by atoms with Crippen molar-refractivity contribution in [2.75, 3.05) is 0 Å². The average Bonchev–Trinajstić information content (AvgIpc) is 2.86. The maximum atomic E-state index is 12.3. The standard InChI is InChI=1S/C16H19BrN2O/c1-4-12(3)19-8-7-13(18-19)10-16(20)14-6-5-11(2)9-15(14)17/h5-9,12H,4,10H2,1-3H3. The molecule has 0 N–H and O–H groups in total. The number of carbonyl (C=O) groups excluding carboxylic acids is 1. The Bertz CT molecular complexity index is 619. The van der Waals surface area contributed by atoms with Crippen LogP contribution in [0, 0.1) is 6.92 Å². The zero-order valence-corrected chi connectivity index (χ0v) is 13.6. The molecule has 106 valence electrons. The molecule has 2 aromatic rings. The highest BCUT2D eigenvalue weighted by molar-refractivity contribution is 9.10. The predicted molar refractivity (Wildman–Crippen MR) is 84.1 cm³/mol. The van der Waals surface area contributed by atoms with E-state index in [0.29, 0.717) is 18.0 Å². The molecular formula is C16H19BrN2O. The zero-order valence-electron chi connectivity index (χ0n) is 12.1. The van der Waals surface area contributed by atoms with Crippen LogP contribution in [-0.2, 0) is 6.42 Å². The van der Waals surface area contributed by atoms with Crippen LogP contribution in [0.2, 0.25) is 0 Å². The van der Waals surface area contributed by atoms with E-state index in [0.717, 1.165) is 22.2 Å². The molecule has 0 fully saturated rings.